The summed E-state index contributed by atoms with van der Waals surface area (Å²) in [5.74, 6) is 1.78. The van der Waals surface area contributed by atoms with E-state index in [-0.39, 0.29) is 17.8 Å². The van der Waals surface area contributed by atoms with E-state index in [1.807, 2.05) is 13.0 Å². The molecule has 1 aromatic carbocycles. The Hall–Kier alpha value is -2.70. The van der Waals surface area contributed by atoms with Crippen LogP contribution in [0.1, 0.15) is 36.8 Å². The molecule has 1 N–H and O–H groups in total. The standard InChI is InChI=1S/C20H26FN5O/c1-14(2)19-23-15(3)12-18(24-19)25-8-10-26(11-9-25)20(27)22-13-16-4-6-17(21)7-5-16/h4-7,12,14H,8-11,13H2,1-3H3,(H,22,27). The second kappa shape index (κ2) is 8.33. The number of urea groups is 1. The average Bonchev–Trinajstić information content (AvgIpc) is 2.67. The predicted octanol–water partition coefficient (Wildman–Crippen LogP) is 3.08. The first-order chi connectivity index (χ1) is 12.9. The number of nitrogens with one attached hydrogen (secondary N) is 1. The van der Waals surface area contributed by atoms with Crippen molar-refractivity contribution in [1.82, 2.24) is 20.2 Å². The minimum Gasteiger partial charge on any atom is -0.353 e. The van der Waals surface area contributed by atoms with Gasteiger partial charge in [0.1, 0.15) is 17.5 Å². The highest BCUT2D eigenvalue weighted by Gasteiger charge is 2.22. The highest BCUT2D eigenvalue weighted by atomic mass is 19.1. The number of aromatic nitrogens is 2. The average molecular weight is 371 g/mol. The number of hydrogen-bond donors (Lipinski definition) is 1. The molecule has 1 aliphatic heterocycles. The third-order valence-corrected chi connectivity index (χ3v) is 4.62. The summed E-state index contributed by atoms with van der Waals surface area (Å²) in [6.07, 6.45) is 0. The van der Waals surface area contributed by atoms with Crippen molar-refractivity contribution in [2.24, 2.45) is 0 Å². The van der Waals surface area contributed by atoms with Gasteiger partial charge in [0, 0.05) is 50.4 Å². The summed E-state index contributed by atoms with van der Waals surface area (Å²) < 4.78 is 12.9. The maximum Gasteiger partial charge on any atom is 0.317 e. The second-order valence-corrected chi connectivity index (χ2v) is 7.14. The molecule has 0 spiro atoms. The van der Waals surface area contributed by atoms with Crippen molar-refractivity contribution in [3.8, 4) is 0 Å². The molecular weight excluding hydrogens is 345 g/mol. The van der Waals surface area contributed by atoms with Crippen LogP contribution in [0.3, 0.4) is 0 Å². The molecule has 7 heteroatoms. The van der Waals surface area contributed by atoms with Crippen LogP contribution in [-0.4, -0.2) is 47.1 Å². The van der Waals surface area contributed by atoms with E-state index in [4.69, 9.17) is 0 Å². The SMILES string of the molecule is Cc1cc(N2CCN(C(=O)NCc3ccc(F)cc3)CC2)nc(C(C)C)n1. The van der Waals surface area contributed by atoms with E-state index in [1.165, 1.54) is 12.1 Å². The third-order valence-electron chi connectivity index (χ3n) is 4.62. The van der Waals surface area contributed by atoms with Crippen LogP contribution in [0.2, 0.25) is 0 Å². The van der Waals surface area contributed by atoms with Crippen LogP contribution in [0, 0.1) is 12.7 Å². The van der Waals surface area contributed by atoms with E-state index in [0.717, 1.165) is 36.0 Å². The fourth-order valence-electron chi connectivity index (χ4n) is 3.03. The van der Waals surface area contributed by atoms with Gasteiger partial charge in [-0.1, -0.05) is 26.0 Å². The molecular formula is C20H26FN5O. The Morgan fingerprint density at radius 3 is 2.44 bits per heavy atom. The quantitative estimate of drug-likeness (QED) is 0.897. The van der Waals surface area contributed by atoms with Crippen molar-refractivity contribution in [3.63, 3.8) is 0 Å². The van der Waals surface area contributed by atoms with Gasteiger partial charge in [-0.2, -0.15) is 0 Å². The number of benzene rings is 1. The summed E-state index contributed by atoms with van der Waals surface area (Å²) in [4.78, 5) is 25.5. The van der Waals surface area contributed by atoms with E-state index in [0.29, 0.717) is 19.6 Å². The highest BCUT2D eigenvalue weighted by molar-refractivity contribution is 5.74. The van der Waals surface area contributed by atoms with Gasteiger partial charge < -0.3 is 15.1 Å². The lowest BCUT2D eigenvalue weighted by molar-refractivity contribution is 0.194. The molecule has 3 rings (SSSR count). The monoisotopic (exact) mass is 371 g/mol. The summed E-state index contributed by atoms with van der Waals surface area (Å²) >= 11 is 0. The summed E-state index contributed by atoms with van der Waals surface area (Å²) in [7, 11) is 0. The van der Waals surface area contributed by atoms with Crippen LogP contribution >= 0.6 is 0 Å². The normalized spacial score (nSPS) is 14.6. The van der Waals surface area contributed by atoms with Gasteiger partial charge in [-0.15, -0.1) is 0 Å². The number of carbonyl (C=O) groups is 1. The molecule has 1 fully saturated rings. The van der Waals surface area contributed by atoms with Gasteiger partial charge in [0.05, 0.1) is 0 Å². The van der Waals surface area contributed by atoms with Crippen molar-refractivity contribution < 1.29 is 9.18 Å². The maximum absolute atomic E-state index is 12.9. The Bertz CT molecular complexity index is 785. The van der Waals surface area contributed by atoms with E-state index in [1.54, 1.807) is 17.0 Å². The van der Waals surface area contributed by atoms with Gasteiger partial charge in [0.15, 0.2) is 0 Å². The van der Waals surface area contributed by atoms with Gasteiger partial charge in [-0.3, -0.25) is 0 Å². The first kappa shape index (κ1) is 19.1. The zero-order valence-electron chi connectivity index (χ0n) is 16.1. The largest absolute Gasteiger partial charge is 0.353 e. The topological polar surface area (TPSA) is 61.4 Å². The number of hydrogen-bond acceptors (Lipinski definition) is 4. The smallest absolute Gasteiger partial charge is 0.317 e. The van der Waals surface area contributed by atoms with Crippen molar-refractivity contribution in [2.75, 3.05) is 31.1 Å². The number of rotatable bonds is 4. The van der Waals surface area contributed by atoms with Crippen LogP contribution in [0.5, 0.6) is 0 Å². The molecule has 0 aliphatic carbocycles. The fourth-order valence-corrected chi connectivity index (χ4v) is 3.03. The van der Waals surface area contributed by atoms with Gasteiger partial charge in [0.2, 0.25) is 0 Å². The van der Waals surface area contributed by atoms with E-state index in [9.17, 15) is 9.18 Å². The van der Waals surface area contributed by atoms with Crippen molar-refractivity contribution in [2.45, 2.75) is 33.2 Å². The van der Waals surface area contributed by atoms with Crippen LogP contribution in [0.4, 0.5) is 15.0 Å². The molecule has 144 valence electrons. The number of amides is 2. The highest BCUT2D eigenvalue weighted by Crippen LogP contribution is 2.18. The number of piperazine rings is 1. The van der Waals surface area contributed by atoms with Crippen LogP contribution in [0.15, 0.2) is 30.3 Å². The Balaban J connectivity index is 1.54. The number of halogens is 1. The summed E-state index contributed by atoms with van der Waals surface area (Å²) in [5.41, 5.74) is 1.84. The van der Waals surface area contributed by atoms with Crippen molar-refractivity contribution in [1.29, 1.82) is 0 Å². The molecule has 0 saturated carbocycles. The molecule has 0 atom stereocenters. The molecule has 1 saturated heterocycles. The molecule has 2 aromatic rings. The molecule has 0 bridgehead atoms. The first-order valence-corrected chi connectivity index (χ1v) is 9.30. The van der Waals surface area contributed by atoms with Crippen LogP contribution in [-0.2, 0) is 6.54 Å². The Morgan fingerprint density at radius 1 is 1.15 bits per heavy atom. The summed E-state index contributed by atoms with van der Waals surface area (Å²) in [6, 6.07) is 8.05. The minimum absolute atomic E-state index is 0.0966. The second-order valence-electron chi connectivity index (χ2n) is 7.14. The van der Waals surface area contributed by atoms with Crippen LogP contribution in [0.25, 0.3) is 0 Å². The minimum atomic E-state index is -0.276. The number of anilines is 1. The molecule has 2 amide bonds. The third kappa shape index (κ3) is 4.93. The van der Waals surface area contributed by atoms with Crippen molar-refractivity contribution in [3.05, 3.63) is 53.2 Å². The molecule has 1 aromatic heterocycles. The Morgan fingerprint density at radius 2 is 1.81 bits per heavy atom. The lowest BCUT2D eigenvalue weighted by Crippen LogP contribution is -2.52. The molecule has 6 nitrogen and oxygen atoms in total. The predicted molar refractivity (Wildman–Crippen MR) is 103 cm³/mol. The van der Waals surface area contributed by atoms with Gasteiger partial charge in [-0.05, 0) is 24.6 Å². The van der Waals surface area contributed by atoms with Gasteiger partial charge in [-0.25, -0.2) is 19.2 Å². The Labute approximate surface area is 159 Å². The molecule has 0 unspecified atom stereocenters. The van der Waals surface area contributed by atoms with E-state index in [2.05, 4.69) is 34.0 Å². The molecule has 1 aliphatic rings. The molecule has 27 heavy (non-hydrogen) atoms. The number of carbonyl (C=O) groups excluding carboxylic acids is 1. The number of nitrogens with zero attached hydrogens (tertiary/aromatic N) is 4. The fraction of sp³-hybridized carbons (Fsp3) is 0.450. The molecule has 0 radical (unpaired) electrons. The van der Waals surface area contributed by atoms with Crippen molar-refractivity contribution >= 4 is 11.8 Å². The summed E-state index contributed by atoms with van der Waals surface area (Å²) in [5, 5.41) is 2.90. The number of aryl methyl sites for hydroxylation is 1. The van der Waals surface area contributed by atoms with E-state index < -0.39 is 0 Å². The van der Waals surface area contributed by atoms with Crippen LogP contribution < -0.4 is 10.2 Å². The lowest BCUT2D eigenvalue weighted by atomic mass is 10.2. The lowest BCUT2D eigenvalue weighted by Gasteiger charge is -2.35. The maximum atomic E-state index is 12.9. The van der Waals surface area contributed by atoms with E-state index >= 15 is 0 Å². The Kier molecular flexibility index (Phi) is 5.88. The zero-order chi connectivity index (χ0) is 19.4. The van der Waals surface area contributed by atoms with Gasteiger partial charge >= 0.3 is 6.03 Å². The summed E-state index contributed by atoms with van der Waals surface area (Å²) in [6.45, 7) is 9.28. The zero-order valence-corrected chi connectivity index (χ0v) is 16.1. The first-order valence-electron chi connectivity index (χ1n) is 9.30. The van der Waals surface area contributed by atoms with Gasteiger partial charge in [0.25, 0.3) is 0 Å². The molecule has 2 heterocycles.